The highest BCUT2D eigenvalue weighted by Crippen LogP contribution is 2.22. The summed E-state index contributed by atoms with van der Waals surface area (Å²) < 4.78 is 0. The van der Waals surface area contributed by atoms with Gasteiger partial charge in [0.15, 0.2) is 0 Å². The lowest BCUT2D eigenvalue weighted by atomic mass is 10.1. The molecular formula is C15H17N3O2. The summed E-state index contributed by atoms with van der Waals surface area (Å²) in [6.07, 6.45) is 1.46. The average Bonchev–Trinajstić information content (AvgIpc) is 2.47. The van der Waals surface area contributed by atoms with Gasteiger partial charge in [-0.25, -0.2) is 0 Å². The maximum absolute atomic E-state index is 12.1. The van der Waals surface area contributed by atoms with Crippen LogP contribution in [0.1, 0.15) is 28.9 Å². The topological polar surface area (TPSA) is 74.0 Å². The van der Waals surface area contributed by atoms with Crippen molar-refractivity contribution in [2.24, 2.45) is 0 Å². The number of rotatable bonds is 4. The quantitative estimate of drug-likeness (QED) is 0.795. The van der Waals surface area contributed by atoms with Crippen molar-refractivity contribution < 1.29 is 4.79 Å². The number of aromatic nitrogens is 1. The molecule has 0 radical (unpaired) electrons. The molecule has 0 fully saturated rings. The Morgan fingerprint density at radius 3 is 2.70 bits per heavy atom. The standard InChI is InChI=1S/C15H17N3O2/c1-10(16-2)12-5-3-4-6-13(12)18-15(20)11-7-8-17-14(19)9-11/h3-10,16H,1-2H3,(H,17,19)(H,18,20). The maximum Gasteiger partial charge on any atom is 0.255 e. The summed E-state index contributed by atoms with van der Waals surface area (Å²) in [5.41, 5.74) is 1.77. The highest BCUT2D eigenvalue weighted by Gasteiger charge is 2.12. The second-order valence-corrected chi connectivity index (χ2v) is 4.49. The minimum absolute atomic E-state index is 0.116. The Balaban J connectivity index is 2.26. The summed E-state index contributed by atoms with van der Waals surface area (Å²) in [6, 6.07) is 10.5. The molecule has 0 spiro atoms. The number of benzene rings is 1. The first-order valence-corrected chi connectivity index (χ1v) is 6.38. The van der Waals surface area contributed by atoms with Crippen LogP contribution in [0.5, 0.6) is 0 Å². The van der Waals surface area contributed by atoms with Gasteiger partial charge < -0.3 is 15.6 Å². The Hall–Kier alpha value is -2.40. The SMILES string of the molecule is CNC(C)c1ccccc1NC(=O)c1cc[nH]c(=O)c1. The number of carbonyl (C=O) groups is 1. The molecular weight excluding hydrogens is 254 g/mol. The van der Waals surface area contributed by atoms with E-state index in [-0.39, 0.29) is 17.5 Å². The van der Waals surface area contributed by atoms with Crippen molar-refractivity contribution in [2.75, 3.05) is 12.4 Å². The van der Waals surface area contributed by atoms with Crippen molar-refractivity contribution in [3.05, 3.63) is 64.1 Å². The number of hydrogen-bond acceptors (Lipinski definition) is 3. The van der Waals surface area contributed by atoms with Crippen LogP contribution in [-0.4, -0.2) is 17.9 Å². The lowest BCUT2D eigenvalue weighted by Crippen LogP contribution is -2.19. The third kappa shape index (κ3) is 3.13. The minimum atomic E-state index is -0.299. The summed E-state index contributed by atoms with van der Waals surface area (Å²) in [6.45, 7) is 2.01. The van der Waals surface area contributed by atoms with Gasteiger partial charge in [0.25, 0.3) is 5.91 Å². The van der Waals surface area contributed by atoms with Gasteiger partial charge in [-0.2, -0.15) is 0 Å². The molecule has 20 heavy (non-hydrogen) atoms. The van der Waals surface area contributed by atoms with Gasteiger partial charge in [-0.1, -0.05) is 18.2 Å². The molecule has 104 valence electrons. The first kappa shape index (κ1) is 14.0. The Labute approximate surface area is 117 Å². The van der Waals surface area contributed by atoms with Crippen molar-refractivity contribution in [1.29, 1.82) is 0 Å². The van der Waals surface area contributed by atoms with E-state index in [0.29, 0.717) is 5.56 Å². The molecule has 0 aliphatic carbocycles. The monoisotopic (exact) mass is 271 g/mol. The van der Waals surface area contributed by atoms with Gasteiger partial charge in [0.2, 0.25) is 5.56 Å². The molecule has 5 heteroatoms. The van der Waals surface area contributed by atoms with Crippen molar-refractivity contribution in [3.63, 3.8) is 0 Å². The van der Waals surface area contributed by atoms with Gasteiger partial charge in [0.1, 0.15) is 0 Å². The fourth-order valence-corrected chi connectivity index (χ4v) is 1.92. The van der Waals surface area contributed by atoms with Crippen LogP contribution in [0.4, 0.5) is 5.69 Å². The lowest BCUT2D eigenvalue weighted by molar-refractivity contribution is 0.102. The molecule has 0 aliphatic rings. The molecule has 2 rings (SSSR count). The van der Waals surface area contributed by atoms with E-state index in [4.69, 9.17) is 0 Å². The molecule has 0 saturated carbocycles. The Morgan fingerprint density at radius 1 is 1.25 bits per heavy atom. The van der Waals surface area contributed by atoms with E-state index in [2.05, 4.69) is 15.6 Å². The van der Waals surface area contributed by atoms with Crippen molar-refractivity contribution in [1.82, 2.24) is 10.3 Å². The number of hydrogen-bond donors (Lipinski definition) is 3. The predicted molar refractivity (Wildman–Crippen MR) is 78.9 cm³/mol. The molecule has 0 bridgehead atoms. The van der Waals surface area contributed by atoms with Gasteiger partial charge in [0, 0.05) is 29.6 Å². The highest BCUT2D eigenvalue weighted by molar-refractivity contribution is 6.04. The molecule has 0 aliphatic heterocycles. The number of H-pyrrole nitrogens is 1. The van der Waals surface area contributed by atoms with Gasteiger partial charge >= 0.3 is 0 Å². The van der Waals surface area contributed by atoms with Crippen LogP contribution in [0.3, 0.4) is 0 Å². The number of para-hydroxylation sites is 1. The molecule has 1 amide bonds. The summed E-state index contributed by atoms with van der Waals surface area (Å²) in [5, 5.41) is 5.97. The van der Waals surface area contributed by atoms with Crippen LogP contribution in [0.25, 0.3) is 0 Å². The average molecular weight is 271 g/mol. The summed E-state index contributed by atoms with van der Waals surface area (Å²) >= 11 is 0. The summed E-state index contributed by atoms with van der Waals surface area (Å²) in [7, 11) is 1.86. The van der Waals surface area contributed by atoms with Crippen LogP contribution in [0.2, 0.25) is 0 Å². The Morgan fingerprint density at radius 2 is 2.00 bits per heavy atom. The number of amides is 1. The third-order valence-electron chi connectivity index (χ3n) is 3.15. The summed E-state index contributed by atoms with van der Waals surface area (Å²) in [4.78, 5) is 25.9. The second kappa shape index (κ2) is 6.16. The smallest absolute Gasteiger partial charge is 0.255 e. The Bertz CT molecular complexity index is 664. The van der Waals surface area contributed by atoms with Crippen LogP contribution in [0, 0.1) is 0 Å². The van der Waals surface area contributed by atoms with Crippen molar-refractivity contribution in [3.8, 4) is 0 Å². The van der Waals surface area contributed by atoms with Crippen LogP contribution >= 0.6 is 0 Å². The van der Waals surface area contributed by atoms with E-state index in [1.54, 1.807) is 6.07 Å². The number of carbonyl (C=O) groups excluding carboxylic acids is 1. The van der Waals surface area contributed by atoms with E-state index in [1.165, 1.54) is 12.3 Å². The molecule has 1 aromatic heterocycles. The molecule has 1 atom stereocenters. The number of aromatic amines is 1. The fraction of sp³-hybridized carbons (Fsp3) is 0.200. The van der Waals surface area contributed by atoms with Crippen LogP contribution < -0.4 is 16.2 Å². The highest BCUT2D eigenvalue weighted by atomic mass is 16.2. The van der Waals surface area contributed by atoms with Crippen molar-refractivity contribution in [2.45, 2.75) is 13.0 Å². The van der Waals surface area contributed by atoms with Gasteiger partial charge in [-0.05, 0) is 31.7 Å². The summed E-state index contributed by atoms with van der Waals surface area (Å²) in [5.74, 6) is -0.299. The van der Waals surface area contributed by atoms with E-state index < -0.39 is 0 Å². The first-order valence-electron chi connectivity index (χ1n) is 6.38. The molecule has 1 unspecified atom stereocenters. The molecule has 3 N–H and O–H groups in total. The van der Waals surface area contributed by atoms with E-state index in [0.717, 1.165) is 11.3 Å². The zero-order chi connectivity index (χ0) is 14.5. The first-order chi connectivity index (χ1) is 9.61. The molecule has 1 heterocycles. The second-order valence-electron chi connectivity index (χ2n) is 4.49. The molecule has 5 nitrogen and oxygen atoms in total. The number of pyridine rings is 1. The lowest BCUT2D eigenvalue weighted by Gasteiger charge is -2.16. The predicted octanol–water partition coefficient (Wildman–Crippen LogP) is 1.91. The van der Waals surface area contributed by atoms with Crippen LogP contribution in [0.15, 0.2) is 47.4 Å². The molecule has 0 saturated heterocycles. The molecule has 1 aromatic carbocycles. The third-order valence-corrected chi connectivity index (χ3v) is 3.15. The van der Waals surface area contributed by atoms with Gasteiger partial charge in [-0.15, -0.1) is 0 Å². The van der Waals surface area contributed by atoms with Crippen molar-refractivity contribution >= 4 is 11.6 Å². The minimum Gasteiger partial charge on any atom is -0.329 e. The largest absolute Gasteiger partial charge is 0.329 e. The normalized spacial score (nSPS) is 11.9. The Kier molecular flexibility index (Phi) is 4.32. The van der Waals surface area contributed by atoms with E-state index >= 15 is 0 Å². The number of nitrogens with one attached hydrogen (secondary N) is 3. The zero-order valence-electron chi connectivity index (χ0n) is 11.4. The maximum atomic E-state index is 12.1. The zero-order valence-corrected chi connectivity index (χ0v) is 11.4. The fourth-order valence-electron chi connectivity index (χ4n) is 1.92. The van der Waals surface area contributed by atoms with E-state index in [1.807, 2.05) is 38.2 Å². The van der Waals surface area contributed by atoms with E-state index in [9.17, 15) is 9.59 Å². The number of anilines is 1. The van der Waals surface area contributed by atoms with Crippen LogP contribution in [-0.2, 0) is 0 Å². The molecule has 2 aromatic rings. The van der Waals surface area contributed by atoms with Gasteiger partial charge in [-0.3, -0.25) is 9.59 Å². The van der Waals surface area contributed by atoms with Gasteiger partial charge in [0.05, 0.1) is 0 Å².